The van der Waals surface area contributed by atoms with E-state index >= 15 is 0 Å². The molecule has 1 heterocycles. The fraction of sp³-hybridized carbons (Fsp3) is 0.545. The summed E-state index contributed by atoms with van der Waals surface area (Å²) >= 11 is 0. The van der Waals surface area contributed by atoms with E-state index in [0.29, 0.717) is 13.1 Å². The van der Waals surface area contributed by atoms with E-state index in [1.54, 1.807) is 6.33 Å². The lowest BCUT2D eigenvalue weighted by Gasteiger charge is -2.09. The molecule has 1 amide bonds. The van der Waals surface area contributed by atoms with E-state index in [0.717, 1.165) is 30.8 Å². The molecule has 0 unspecified atom stereocenters. The second-order valence-corrected chi connectivity index (χ2v) is 3.91. The van der Waals surface area contributed by atoms with Crippen LogP contribution in [-0.2, 0) is 17.6 Å². The predicted octanol–water partition coefficient (Wildman–Crippen LogP) is 0.513. The zero-order chi connectivity index (χ0) is 11.4. The topological polar surface area (TPSA) is 66.9 Å². The van der Waals surface area contributed by atoms with Crippen molar-refractivity contribution >= 4 is 11.7 Å². The molecule has 2 N–H and O–H groups in total. The van der Waals surface area contributed by atoms with Crippen molar-refractivity contribution in [3.05, 3.63) is 17.6 Å². The second-order valence-electron chi connectivity index (χ2n) is 3.91. The van der Waals surface area contributed by atoms with Gasteiger partial charge in [0.1, 0.15) is 12.1 Å². The van der Waals surface area contributed by atoms with Crippen LogP contribution in [0.15, 0.2) is 6.33 Å². The monoisotopic (exact) mass is 220 g/mol. The SMILES string of the molecule is CC(=O)NCCNc1ncnc2c1CCC2. The maximum Gasteiger partial charge on any atom is 0.216 e. The van der Waals surface area contributed by atoms with Crippen LogP contribution < -0.4 is 10.6 Å². The van der Waals surface area contributed by atoms with E-state index in [4.69, 9.17) is 0 Å². The highest BCUT2D eigenvalue weighted by Gasteiger charge is 2.16. The maximum absolute atomic E-state index is 10.7. The lowest BCUT2D eigenvalue weighted by atomic mass is 10.2. The van der Waals surface area contributed by atoms with Crippen LogP contribution >= 0.6 is 0 Å². The fourth-order valence-electron chi connectivity index (χ4n) is 1.93. The van der Waals surface area contributed by atoms with Gasteiger partial charge in [-0.05, 0) is 19.3 Å². The predicted molar refractivity (Wildman–Crippen MR) is 61.2 cm³/mol. The van der Waals surface area contributed by atoms with Crippen LogP contribution in [-0.4, -0.2) is 29.0 Å². The Morgan fingerprint density at radius 1 is 1.38 bits per heavy atom. The average molecular weight is 220 g/mol. The molecule has 1 aromatic rings. The van der Waals surface area contributed by atoms with Crippen molar-refractivity contribution in [2.75, 3.05) is 18.4 Å². The molecule has 0 fully saturated rings. The number of fused-ring (bicyclic) bond motifs is 1. The van der Waals surface area contributed by atoms with E-state index in [1.165, 1.54) is 12.5 Å². The highest BCUT2D eigenvalue weighted by molar-refractivity contribution is 5.72. The first-order valence-corrected chi connectivity index (χ1v) is 5.58. The molecule has 0 bridgehead atoms. The van der Waals surface area contributed by atoms with E-state index in [1.807, 2.05) is 0 Å². The first-order valence-electron chi connectivity index (χ1n) is 5.58. The van der Waals surface area contributed by atoms with Gasteiger partial charge in [0.2, 0.25) is 5.91 Å². The molecule has 0 aliphatic heterocycles. The van der Waals surface area contributed by atoms with Crippen molar-refractivity contribution < 1.29 is 4.79 Å². The quantitative estimate of drug-likeness (QED) is 0.726. The summed E-state index contributed by atoms with van der Waals surface area (Å²) in [4.78, 5) is 19.2. The van der Waals surface area contributed by atoms with Gasteiger partial charge in [-0.3, -0.25) is 4.79 Å². The van der Waals surface area contributed by atoms with Gasteiger partial charge in [-0.1, -0.05) is 0 Å². The smallest absolute Gasteiger partial charge is 0.216 e. The number of carbonyl (C=O) groups excluding carboxylic acids is 1. The summed E-state index contributed by atoms with van der Waals surface area (Å²) in [6.45, 7) is 2.83. The summed E-state index contributed by atoms with van der Waals surface area (Å²) in [6, 6.07) is 0. The van der Waals surface area contributed by atoms with Gasteiger partial charge in [-0.2, -0.15) is 0 Å². The van der Waals surface area contributed by atoms with Gasteiger partial charge < -0.3 is 10.6 Å². The first-order chi connectivity index (χ1) is 7.77. The number of aromatic nitrogens is 2. The van der Waals surface area contributed by atoms with Gasteiger partial charge in [0.15, 0.2) is 0 Å². The van der Waals surface area contributed by atoms with Crippen LogP contribution in [0.25, 0.3) is 0 Å². The molecular weight excluding hydrogens is 204 g/mol. The number of carbonyl (C=O) groups is 1. The van der Waals surface area contributed by atoms with E-state index in [2.05, 4.69) is 20.6 Å². The van der Waals surface area contributed by atoms with Crippen molar-refractivity contribution in [3.8, 4) is 0 Å². The molecule has 16 heavy (non-hydrogen) atoms. The van der Waals surface area contributed by atoms with Gasteiger partial charge in [0, 0.05) is 31.3 Å². The number of nitrogens with zero attached hydrogens (tertiary/aromatic N) is 2. The summed E-state index contributed by atoms with van der Waals surface area (Å²) in [7, 11) is 0. The van der Waals surface area contributed by atoms with Gasteiger partial charge in [0.25, 0.3) is 0 Å². The number of amides is 1. The lowest BCUT2D eigenvalue weighted by Crippen LogP contribution is -2.26. The molecule has 5 heteroatoms. The second kappa shape index (κ2) is 4.92. The molecule has 2 rings (SSSR count). The standard InChI is InChI=1S/C11H16N4O/c1-8(16)12-5-6-13-11-9-3-2-4-10(9)14-7-15-11/h7H,2-6H2,1H3,(H,12,16)(H,13,14,15). The van der Waals surface area contributed by atoms with Gasteiger partial charge in [-0.15, -0.1) is 0 Å². The Kier molecular flexibility index (Phi) is 3.34. The number of hydrogen-bond acceptors (Lipinski definition) is 4. The van der Waals surface area contributed by atoms with Crippen molar-refractivity contribution in [3.63, 3.8) is 0 Å². The fourth-order valence-corrected chi connectivity index (χ4v) is 1.93. The Bertz CT molecular complexity index is 392. The Labute approximate surface area is 94.7 Å². The summed E-state index contributed by atoms with van der Waals surface area (Å²) in [5.41, 5.74) is 2.40. The normalized spacial score (nSPS) is 13.3. The molecule has 1 aliphatic rings. The lowest BCUT2D eigenvalue weighted by molar-refractivity contribution is -0.118. The first kappa shape index (κ1) is 10.9. The summed E-state index contributed by atoms with van der Waals surface area (Å²) in [6.07, 6.45) is 4.87. The van der Waals surface area contributed by atoms with Gasteiger partial charge in [-0.25, -0.2) is 9.97 Å². The molecule has 0 saturated heterocycles. The van der Waals surface area contributed by atoms with Gasteiger partial charge >= 0.3 is 0 Å². The van der Waals surface area contributed by atoms with Crippen molar-refractivity contribution in [2.24, 2.45) is 0 Å². The third-order valence-electron chi connectivity index (χ3n) is 2.67. The Morgan fingerprint density at radius 3 is 3.06 bits per heavy atom. The number of nitrogens with one attached hydrogen (secondary N) is 2. The maximum atomic E-state index is 10.7. The zero-order valence-electron chi connectivity index (χ0n) is 9.42. The number of rotatable bonds is 4. The van der Waals surface area contributed by atoms with Crippen LogP contribution in [0.3, 0.4) is 0 Å². The van der Waals surface area contributed by atoms with Crippen LogP contribution in [0.4, 0.5) is 5.82 Å². The van der Waals surface area contributed by atoms with Gasteiger partial charge in [0.05, 0.1) is 0 Å². The van der Waals surface area contributed by atoms with E-state index in [9.17, 15) is 4.79 Å². The highest BCUT2D eigenvalue weighted by atomic mass is 16.1. The molecule has 0 atom stereocenters. The molecular formula is C11H16N4O. The zero-order valence-corrected chi connectivity index (χ0v) is 9.42. The minimum absolute atomic E-state index is 0.00489. The van der Waals surface area contributed by atoms with E-state index < -0.39 is 0 Å². The number of hydrogen-bond donors (Lipinski definition) is 2. The minimum atomic E-state index is -0.00489. The molecule has 0 spiro atoms. The summed E-state index contributed by atoms with van der Waals surface area (Å²) in [5.74, 6) is 0.919. The average Bonchev–Trinajstić information content (AvgIpc) is 2.72. The number of aryl methyl sites for hydroxylation is 1. The molecule has 5 nitrogen and oxygen atoms in total. The summed E-state index contributed by atoms with van der Waals surface area (Å²) in [5, 5.41) is 5.97. The third-order valence-corrected chi connectivity index (χ3v) is 2.67. The number of anilines is 1. The Hall–Kier alpha value is -1.65. The van der Waals surface area contributed by atoms with Crippen molar-refractivity contribution in [2.45, 2.75) is 26.2 Å². The molecule has 0 aromatic carbocycles. The Balaban J connectivity index is 1.90. The van der Waals surface area contributed by atoms with Crippen LogP contribution in [0, 0.1) is 0 Å². The Morgan fingerprint density at radius 2 is 2.25 bits per heavy atom. The molecule has 0 radical (unpaired) electrons. The van der Waals surface area contributed by atoms with Crippen molar-refractivity contribution in [1.82, 2.24) is 15.3 Å². The van der Waals surface area contributed by atoms with Crippen LogP contribution in [0.2, 0.25) is 0 Å². The largest absolute Gasteiger partial charge is 0.368 e. The molecule has 1 aliphatic carbocycles. The van der Waals surface area contributed by atoms with E-state index in [-0.39, 0.29) is 5.91 Å². The highest BCUT2D eigenvalue weighted by Crippen LogP contribution is 2.24. The molecule has 0 saturated carbocycles. The van der Waals surface area contributed by atoms with Crippen LogP contribution in [0.1, 0.15) is 24.6 Å². The molecule has 86 valence electrons. The van der Waals surface area contributed by atoms with Crippen LogP contribution in [0.5, 0.6) is 0 Å². The molecule has 1 aromatic heterocycles. The van der Waals surface area contributed by atoms with Crippen molar-refractivity contribution in [1.29, 1.82) is 0 Å². The minimum Gasteiger partial charge on any atom is -0.368 e. The third kappa shape index (κ3) is 2.48. The summed E-state index contributed by atoms with van der Waals surface area (Å²) < 4.78 is 0.